The van der Waals surface area contributed by atoms with Crippen LogP contribution in [0.1, 0.15) is 5.56 Å². The van der Waals surface area contributed by atoms with E-state index in [1.54, 1.807) is 18.3 Å². The van der Waals surface area contributed by atoms with Gasteiger partial charge in [0.1, 0.15) is 5.75 Å². The number of benzene rings is 3. The first-order valence-electron chi connectivity index (χ1n) is 7.80. The normalized spacial score (nSPS) is 11.5. The van der Waals surface area contributed by atoms with Gasteiger partial charge in [-0.1, -0.05) is 54.6 Å². The summed E-state index contributed by atoms with van der Waals surface area (Å²) in [7, 11) is 0. The summed E-state index contributed by atoms with van der Waals surface area (Å²) in [5.74, 6) is -0.239. The molecule has 0 bridgehead atoms. The fourth-order valence-corrected chi connectivity index (χ4v) is 2.30. The first-order valence-corrected chi connectivity index (χ1v) is 7.80. The lowest BCUT2D eigenvalue weighted by atomic mass is 10.0. The van der Waals surface area contributed by atoms with Gasteiger partial charge in [-0.25, -0.2) is 0 Å². The predicted molar refractivity (Wildman–Crippen MR) is 96.2 cm³/mol. The SMILES string of the molecule is FC(F)(F)Oc1ccc(-c2ccc(C=NNc3ccccc3)cc2)cc1. The molecule has 0 radical (unpaired) electrons. The van der Waals surface area contributed by atoms with E-state index in [-0.39, 0.29) is 5.75 Å². The van der Waals surface area contributed by atoms with E-state index in [1.165, 1.54) is 12.1 Å². The number of alkyl halides is 3. The Hall–Kier alpha value is -3.28. The Morgan fingerprint density at radius 1 is 0.769 bits per heavy atom. The average Bonchev–Trinajstić information content (AvgIpc) is 2.63. The van der Waals surface area contributed by atoms with Crippen LogP contribution in [0.4, 0.5) is 18.9 Å². The lowest BCUT2D eigenvalue weighted by Crippen LogP contribution is -2.16. The first kappa shape index (κ1) is 17.5. The molecule has 0 amide bonds. The number of para-hydroxylation sites is 1. The molecule has 0 aliphatic rings. The van der Waals surface area contributed by atoms with Crippen molar-refractivity contribution in [2.45, 2.75) is 6.36 Å². The highest BCUT2D eigenvalue weighted by Gasteiger charge is 2.30. The van der Waals surface area contributed by atoms with E-state index in [0.717, 1.165) is 22.4 Å². The van der Waals surface area contributed by atoms with Crippen LogP contribution in [0.3, 0.4) is 0 Å². The van der Waals surface area contributed by atoms with Crippen LogP contribution in [0.25, 0.3) is 11.1 Å². The molecule has 3 aromatic carbocycles. The van der Waals surface area contributed by atoms with Crippen LogP contribution in [0.2, 0.25) is 0 Å². The van der Waals surface area contributed by atoms with Gasteiger partial charge < -0.3 is 4.74 Å². The molecule has 0 heterocycles. The molecule has 3 aromatic rings. The van der Waals surface area contributed by atoms with Crippen molar-refractivity contribution in [2.75, 3.05) is 5.43 Å². The molecule has 0 atom stereocenters. The number of hydrazone groups is 1. The highest BCUT2D eigenvalue weighted by molar-refractivity contribution is 5.81. The summed E-state index contributed by atoms with van der Waals surface area (Å²) in [6, 6.07) is 22.8. The average molecular weight is 356 g/mol. The summed E-state index contributed by atoms with van der Waals surface area (Å²) < 4.78 is 40.4. The van der Waals surface area contributed by atoms with Gasteiger partial charge in [-0.2, -0.15) is 5.10 Å². The molecule has 132 valence electrons. The van der Waals surface area contributed by atoms with E-state index in [4.69, 9.17) is 0 Å². The van der Waals surface area contributed by atoms with Gasteiger partial charge in [-0.3, -0.25) is 5.43 Å². The van der Waals surface area contributed by atoms with Crippen molar-refractivity contribution in [1.82, 2.24) is 0 Å². The maximum absolute atomic E-state index is 12.2. The topological polar surface area (TPSA) is 33.6 Å². The predicted octanol–water partition coefficient (Wildman–Crippen LogP) is 5.70. The van der Waals surface area contributed by atoms with Crippen molar-refractivity contribution in [1.29, 1.82) is 0 Å². The zero-order valence-corrected chi connectivity index (χ0v) is 13.6. The lowest BCUT2D eigenvalue weighted by molar-refractivity contribution is -0.274. The number of hydrogen-bond donors (Lipinski definition) is 1. The number of nitrogens with zero attached hydrogens (tertiary/aromatic N) is 1. The molecule has 3 nitrogen and oxygen atoms in total. The summed E-state index contributed by atoms with van der Waals surface area (Å²) in [4.78, 5) is 0. The molecule has 0 saturated carbocycles. The van der Waals surface area contributed by atoms with Crippen LogP contribution in [0, 0.1) is 0 Å². The Morgan fingerprint density at radius 3 is 1.92 bits per heavy atom. The highest BCUT2D eigenvalue weighted by Crippen LogP contribution is 2.26. The summed E-state index contributed by atoms with van der Waals surface area (Å²) in [5.41, 5.74) is 6.40. The zero-order valence-electron chi connectivity index (χ0n) is 13.6. The minimum atomic E-state index is -4.68. The molecule has 0 saturated heterocycles. The van der Waals surface area contributed by atoms with E-state index in [1.807, 2.05) is 54.6 Å². The molecule has 0 unspecified atom stereocenters. The third-order valence-corrected chi connectivity index (χ3v) is 3.51. The Bertz CT molecular complexity index is 858. The number of hydrogen-bond acceptors (Lipinski definition) is 3. The molecule has 0 aliphatic heterocycles. The Kier molecular flexibility index (Phi) is 5.22. The lowest BCUT2D eigenvalue weighted by Gasteiger charge is -2.09. The minimum Gasteiger partial charge on any atom is -0.406 e. The molecule has 1 N–H and O–H groups in total. The van der Waals surface area contributed by atoms with Crippen LogP contribution in [-0.2, 0) is 0 Å². The molecular weight excluding hydrogens is 341 g/mol. The van der Waals surface area contributed by atoms with Crippen LogP contribution in [-0.4, -0.2) is 12.6 Å². The highest BCUT2D eigenvalue weighted by atomic mass is 19.4. The van der Waals surface area contributed by atoms with Gasteiger partial charge in [0.25, 0.3) is 0 Å². The summed E-state index contributed by atoms with van der Waals surface area (Å²) in [6.07, 6.45) is -2.99. The van der Waals surface area contributed by atoms with E-state index in [0.29, 0.717) is 0 Å². The fraction of sp³-hybridized carbons (Fsp3) is 0.0500. The second kappa shape index (κ2) is 7.74. The Morgan fingerprint density at radius 2 is 1.35 bits per heavy atom. The third kappa shape index (κ3) is 5.11. The van der Waals surface area contributed by atoms with E-state index in [9.17, 15) is 13.2 Å². The van der Waals surface area contributed by atoms with Gasteiger partial charge in [-0.15, -0.1) is 13.2 Å². The van der Waals surface area contributed by atoms with Crippen molar-refractivity contribution >= 4 is 11.9 Å². The van der Waals surface area contributed by atoms with Crippen LogP contribution >= 0.6 is 0 Å². The standard InChI is InChI=1S/C20H15F3N2O/c21-20(22,23)26-19-12-10-17(11-13-19)16-8-6-15(7-9-16)14-24-25-18-4-2-1-3-5-18/h1-14,25H. The molecule has 0 aromatic heterocycles. The van der Waals surface area contributed by atoms with Crippen molar-refractivity contribution in [3.05, 3.63) is 84.4 Å². The molecular formula is C20H15F3N2O. The fourth-order valence-electron chi connectivity index (χ4n) is 2.30. The van der Waals surface area contributed by atoms with Crippen molar-refractivity contribution in [3.63, 3.8) is 0 Å². The molecule has 0 aliphatic carbocycles. The number of anilines is 1. The van der Waals surface area contributed by atoms with Crippen LogP contribution < -0.4 is 10.2 Å². The van der Waals surface area contributed by atoms with Gasteiger partial charge in [0.15, 0.2) is 0 Å². The van der Waals surface area contributed by atoms with Gasteiger partial charge >= 0.3 is 6.36 Å². The smallest absolute Gasteiger partial charge is 0.406 e. The molecule has 26 heavy (non-hydrogen) atoms. The van der Waals surface area contributed by atoms with Gasteiger partial charge in [0.05, 0.1) is 11.9 Å². The number of ether oxygens (including phenoxy) is 1. The minimum absolute atomic E-state index is 0.239. The number of nitrogens with one attached hydrogen (secondary N) is 1. The third-order valence-electron chi connectivity index (χ3n) is 3.51. The quantitative estimate of drug-likeness (QED) is 0.470. The van der Waals surface area contributed by atoms with Crippen LogP contribution in [0.15, 0.2) is 84.0 Å². The summed E-state index contributed by atoms with van der Waals surface area (Å²) in [6.45, 7) is 0. The Balaban J connectivity index is 1.64. The van der Waals surface area contributed by atoms with Crippen LogP contribution in [0.5, 0.6) is 5.75 Å². The zero-order chi connectivity index (χ0) is 18.4. The van der Waals surface area contributed by atoms with Gasteiger partial charge in [0.2, 0.25) is 0 Å². The molecule has 0 spiro atoms. The molecule has 6 heteroatoms. The summed E-state index contributed by atoms with van der Waals surface area (Å²) >= 11 is 0. The van der Waals surface area contributed by atoms with Crippen molar-refractivity contribution < 1.29 is 17.9 Å². The molecule has 3 rings (SSSR count). The molecule has 0 fully saturated rings. The Labute approximate surface area is 148 Å². The second-order valence-electron chi connectivity index (χ2n) is 5.43. The van der Waals surface area contributed by atoms with Gasteiger partial charge in [0, 0.05) is 0 Å². The van der Waals surface area contributed by atoms with E-state index < -0.39 is 6.36 Å². The maximum atomic E-state index is 12.2. The number of halogens is 3. The second-order valence-corrected chi connectivity index (χ2v) is 5.43. The maximum Gasteiger partial charge on any atom is 0.573 e. The number of rotatable bonds is 5. The van der Waals surface area contributed by atoms with Gasteiger partial charge in [-0.05, 0) is 41.0 Å². The van der Waals surface area contributed by atoms with E-state index in [2.05, 4.69) is 15.3 Å². The largest absolute Gasteiger partial charge is 0.573 e. The van der Waals surface area contributed by atoms with E-state index >= 15 is 0 Å². The van der Waals surface area contributed by atoms with Crippen molar-refractivity contribution in [2.24, 2.45) is 5.10 Å². The monoisotopic (exact) mass is 356 g/mol. The van der Waals surface area contributed by atoms with Crippen molar-refractivity contribution in [3.8, 4) is 16.9 Å². The summed E-state index contributed by atoms with van der Waals surface area (Å²) in [5, 5.41) is 4.16. The first-order chi connectivity index (χ1) is 12.5.